The number of nitrogens with one attached hydrogen (secondary N) is 1. The fourth-order valence-electron chi connectivity index (χ4n) is 3.31. The summed E-state index contributed by atoms with van der Waals surface area (Å²) in [5, 5.41) is 12.0. The van der Waals surface area contributed by atoms with E-state index in [9.17, 15) is 13.2 Å². The van der Waals surface area contributed by atoms with Crippen molar-refractivity contribution in [1.29, 1.82) is 0 Å². The van der Waals surface area contributed by atoms with Gasteiger partial charge in [0.25, 0.3) is 5.91 Å². The molecule has 1 saturated heterocycles. The first kappa shape index (κ1) is 21.4. The van der Waals surface area contributed by atoms with Gasteiger partial charge in [0.05, 0.1) is 12.9 Å². The molecule has 162 valence electrons. The van der Waals surface area contributed by atoms with E-state index in [4.69, 9.17) is 4.74 Å². The van der Waals surface area contributed by atoms with Gasteiger partial charge in [-0.1, -0.05) is 23.5 Å². The Kier molecular flexibility index (Phi) is 6.30. The Morgan fingerprint density at radius 2 is 1.74 bits per heavy atom. The normalized spacial score (nSPS) is 14.5. The number of carbonyl (C=O) groups is 1. The van der Waals surface area contributed by atoms with E-state index in [0.29, 0.717) is 34.4 Å². The number of methoxy groups -OCH3 is 1. The first-order valence-electron chi connectivity index (χ1n) is 9.81. The Balaban J connectivity index is 1.39. The van der Waals surface area contributed by atoms with Crippen LogP contribution in [-0.2, 0) is 15.8 Å². The molecule has 8 nitrogen and oxygen atoms in total. The number of sulfonamides is 1. The van der Waals surface area contributed by atoms with Gasteiger partial charge in [0.2, 0.25) is 15.2 Å². The molecule has 0 unspecified atom stereocenters. The predicted molar refractivity (Wildman–Crippen MR) is 120 cm³/mol. The number of hydrogen-bond donors (Lipinski definition) is 1. The number of anilines is 1. The van der Waals surface area contributed by atoms with Crippen molar-refractivity contribution in [2.75, 3.05) is 25.5 Å². The van der Waals surface area contributed by atoms with Crippen molar-refractivity contribution in [3.05, 3.63) is 59.7 Å². The molecular formula is C21H22N4O4S2. The van der Waals surface area contributed by atoms with E-state index in [1.54, 1.807) is 31.4 Å². The van der Waals surface area contributed by atoms with Gasteiger partial charge in [-0.05, 0) is 54.8 Å². The van der Waals surface area contributed by atoms with Crippen LogP contribution >= 0.6 is 11.3 Å². The van der Waals surface area contributed by atoms with Crippen LogP contribution in [0.5, 0.6) is 5.75 Å². The first-order chi connectivity index (χ1) is 14.9. The summed E-state index contributed by atoms with van der Waals surface area (Å²) in [6.07, 6.45) is 1.81. The Morgan fingerprint density at radius 1 is 1.06 bits per heavy atom. The largest absolute Gasteiger partial charge is 0.497 e. The van der Waals surface area contributed by atoms with Gasteiger partial charge >= 0.3 is 0 Å². The minimum Gasteiger partial charge on any atom is -0.497 e. The first-order valence-corrected chi connectivity index (χ1v) is 12.2. The maximum Gasteiger partial charge on any atom is 0.257 e. The summed E-state index contributed by atoms with van der Waals surface area (Å²) in [6.45, 7) is 1.17. The zero-order valence-corrected chi connectivity index (χ0v) is 18.6. The average Bonchev–Trinajstić information content (AvgIpc) is 3.47. The second kappa shape index (κ2) is 9.13. The quantitative estimate of drug-likeness (QED) is 0.582. The van der Waals surface area contributed by atoms with Crippen LogP contribution in [0.2, 0.25) is 0 Å². The molecule has 2 heterocycles. The van der Waals surface area contributed by atoms with Crippen LogP contribution in [-0.4, -0.2) is 49.0 Å². The van der Waals surface area contributed by atoms with Gasteiger partial charge in [-0.15, -0.1) is 10.2 Å². The fourth-order valence-corrected chi connectivity index (χ4v) is 5.67. The molecule has 0 spiro atoms. The molecular weight excluding hydrogens is 436 g/mol. The number of rotatable bonds is 7. The van der Waals surface area contributed by atoms with Crippen molar-refractivity contribution in [3.8, 4) is 16.3 Å². The van der Waals surface area contributed by atoms with E-state index in [0.717, 1.165) is 24.2 Å². The van der Waals surface area contributed by atoms with Crippen LogP contribution < -0.4 is 10.1 Å². The molecule has 4 rings (SSSR count). The molecule has 10 heteroatoms. The lowest BCUT2D eigenvalue weighted by Gasteiger charge is -2.15. The van der Waals surface area contributed by atoms with Gasteiger partial charge in [0.1, 0.15) is 10.8 Å². The lowest BCUT2D eigenvalue weighted by Crippen LogP contribution is -2.29. The second-order valence-electron chi connectivity index (χ2n) is 7.15. The summed E-state index contributed by atoms with van der Waals surface area (Å²) in [6, 6.07) is 14.0. The smallest absolute Gasteiger partial charge is 0.257 e. The molecule has 31 heavy (non-hydrogen) atoms. The predicted octanol–water partition coefficient (Wildman–Crippen LogP) is 3.39. The van der Waals surface area contributed by atoms with E-state index in [2.05, 4.69) is 15.5 Å². The number of carbonyl (C=O) groups excluding carboxylic acids is 1. The molecule has 1 aliphatic heterocycles. The van der Waals surface area contributed by atoms with E-state index in [1.807, 2.05) is 24.3 Å². The van der Waals surface area contributed by atoms with Crippen LogP contribution in [0.3, 0.4) is 0 Å². The SMILES string of the molecule is COc1ccc(-c2nnc(NC(=O)c3ccc(CS(=O)(=O)N4CCCC4)cc3)s2)cc1. The topological polar surface area (TPSA) is 101 Å². The zero-order valence-electron chi connectivity index (χ0n) is 16.9. The third-order valence-corrected chi connectivity index (χ3v) is 7.74. The molecule has 1 N–H and O–H groups in total. The van der Waals surface area contributed by atoms with Gasteiger partial charge in [0, 0.05) is 24.2 Å². The highest BCUT2D eigenvalue weighted by Crippen LogP contribution is 2.28. The Bertz CT molecular complexity index is 1150. The van der Waals surface area contributed by atoms with Crippen LogP contribution in [0.25, 0.3) is 10.6 Å². The summed E-state index contributed by atoms with van der Waals surface area (Å²) in [5.41, 5.74) is 1.95. The molecule has 0 bridgehead atoms. The molecule has 0 aliphatic carbocycles. The van der Waals surface area contributed by atoms with E-state index >= 15 is 0 Å². The van der Waals surface area contributed by atoms with Crippen LogP contribution in [0.15, 0.2) is 48.5 Å². The van der Waals surface area contributed by atoms with Crippen molar-refractivity contribution >= 4 is 32.4 Å². The summed E-state index contributed by atoms with van der Waals surface area (Å²) in [4.78, 5) is 12.5. The molecule has 2 aromatic carbocycles. The minimum absolute atomic E-state index is 0.0590. The molecule has 0 radical (unpaired) electrons. The summed E-state index contributed by atoms with van der Waals surface area (Å²) < 4.78 is 31.6. The molecule has 1 aliphatic rings. The van der Waals surface area contributed by atoms with Crippen molar-refractivity contribution in [1.82, 2.24) is 14.5 Å². The lowest BCUT2D eigenvalue weighted by atomic mass is 10.1. The van der Waals surface area contributed by atoms with Crippen molar-refractivity contribution in [2.45, 2.75) is 18.6 Å². The highest BCUT2D eigenvalue weighted by atomic mass is 32.2. The number of aromatic nitrogens is 2. The summed E-state index contributed by atoms with van der Waals surface area (Å²) in [5.74, 6) is 0.362. The van der Waals surface area contributed by atoms with Crippen molar-refractivity contribution in [2.24, 2.45) is 0 Å². The third-order valence-electron chi connectivity index (χ3n) is 5.01. The van der Waals surface area contributed by atoms with Crippen LogP contribution in [0, 0.1) is 0 Å². The number of hydrogen-bond acceptors (Lipinski definition) is 7. The van der Waals surface area contributed by atoms with E-state index < -0.39 is 10.0 Å². The molecule has 1 amide bonds. The lowest BCUT2D eigenvalue weighted by molar-refractivity contribution is 0.102. The molecule has 1 fully saturated rings. The Hall–Kier alpha value is -2.82. The number of nitrogens with zero attached hydrogens (tertiary/aromatic N) is 3. The van der Waals surface area contributed by atoms with Crippen LogP contribution in [0.1, 0.15) is 28.8 Å². The monoisotopic (exact) mass is 458 g/mol. The van der Waals surface area contributed by atoms with Crippen molar-refractivity contribution < 1.29 is 17.9 Å². The molecule has 3 aromatic rings. The van der Waals surface area contributed by atoms with Crippen molar-refractivity contribution in [3.63, 3.8) is 0 Å². The van der Waals surface area contributed by atoms with Crippen LogP contribution in [0.4, 0.5) is 5.13 Å². The van der Waals surface area contributed by atoms with Gasteiger partial charge in [-0.25, -0.2) is 12.7 Å². The maximum atomic E-state index is 12.5. The van der Waals surface area contributed by atoms with Gasteiger partial charge in [-0.2, -0.15) is 0 Å². The minimum atomic E-state index is -3.31. The number of benzene rings is 2. The van der Waals surface area contributed by atoms with E-state index in [-0.39, 0.29) is 11.7 Å². The Labute approximate surface area is 184 Å². The molecule has 0 atom stereocenters. The highest BCUT2D eigenvalue weighted by molar-refractivity contribution is 7.88. The Morgan fingerprint density at radius 3 is 2.39 bits per heavy atom. The highest BCUT2D eigenvalue weighted by Gasteiger charge is 2.25. The standard InChI is InChI=1S/C21H22N4O4S2/c1-29-18-10-8-17(9-11-18)20-23-24-21(30-20)22-19(26)16-6-4-15(5-7-16)14-31(27,28)25-12-2-3-13-25/h4-11H,2-3,12-14H2,1H3,(H,22,24,26). The van der Waals surface area contributed by atoms with Gasteiger partial charge < -0.3 is 4.74 Å². The zero-order chi connectivity index (χ0) is 21.8. The molecule has 0 saturated carbocycles. The maximum absolute atomic E-state index is 12.5. The fraction of sp³-hybridized carbons (Fsp3) is 0.286. The van der Waals surface area contributed by atoms with Gasteiger partial charge in [0.15, 0.2) is 0 Å². The van der Waals surface area contributed by atoms with Gasteiger partial charge in [-0.3, -0.25) is 10.1 Å². The number of ether oxygens (including phenoxy) is 1. The summed E-state index contributed by atoms with van der Waals surface area (Å²) in [7, 11) is -1.71. The third kappa shape index (κ3) is 5.09. The average molecular weight is 459 g/mol. The molecule has 1 aromatic heterocycles. The van der Waals surface area contributed by atoms with E-state index in [1.165, 1.54) is 15.6 Å². The number of amides is 1. The second-order valence-corrected chi connectivity index (χ2v) is 10.1. The summed E-state index contributed by atoms with van der Waals surface area (Å²) >= 11 is 1.27.